The van der Waals surface area contributed by atoms with Gasteiger partial charge in [-0.2, -0.15) is 4.31 Å². The van der Waals surface area contributed by atoms with Crippen molar-refractivity contribution < 1.29 is 8.42 Å². The number of sulfonamides is 1. The van der Waals surface area contributed by atoms with Crippen LogP contribution in [0.25, 0.3) is 21.6 Å². The van der Waals surface area contributed by atoms with E-state index in [9.17, 15) is 8.42 Å². The van der Waals surface area contributed by atoms with Crippen molar-refractivity contribution in [2.45, 2.75) is 31.1 Å². The number of nitrogens with zero attached hydrogens (tertiary/aromatic N) is 1. The van der Waals surface area contributed by atoms with E-state index < -0.39 is 10.0 Å². The summed E-state index contributed by atoms with van der Waals surface area (Å²) in [6.45, 7) is 3.35. The zero-order valence-electron chi connectivity index (χ0n) is 15.7. The first-order chi connectivity index (χ1) is 13.5. The Balaban J connectivity index is 1.62. The van der Waals surface area contributed by atoms with E-state index in [2.05, 4.69) is 12.3 Å². The molecular weight excluding hydrogens is 410 g/mol. The highest BCUT2D eigenvalue weighted by atomic mass is 35.5. The fourth-order valence-electron chi connectivity index (χ4n) is 3.65. The summed E-state index contributed by atoms with van der Waals surface area (Å²) in [6.07, 6.45) is 3.00. The van der Waals surface area contributed by atoms with Crippen LogP contribution in [0.15, 0.2) is 58.8 Å². The minimum absolute atomic E-state index is 0.379. The second-order valence-corrected chi connectivity index (χ2v) is 10.4. The fraction of sp³-hybridized carbons (Fsp3) is 0.273. The van der Waals surface area contributed by atoms with Crippen LogP contribution in [0.4, 0.5) is 0 Å². The van der Waals surface area contributed by atoms with Gasteiger partial charge in [-0.15, -0.1) is 11.3 Å². The van der Waals surface area contributed by atoms with Crippen LogP contribution in [0.3, 0.4) is 0 Å². The zero-order chi connectivity index (χ0) is 19.7. The van der Waals surface area contributed by atoms with E-state index in [-0.39, 0.29) is 0 Å². The van der Waals surface area contributed by atoms with Crippen molar-refractivity contribution in [3.8, 4) is 21.6 Å². The Hall–Kier alpha value is -1.66. The molecule has 1 saturated heterocycles. The summed E-state index contributed by atoms with van der Waals surface area (Å²) in [7, 11) is -3.39. The molecular formula is C22H22ClNO2S2. The molecule has 0 aliphatic carbocycles. The van der Waals surface area contributed by atoms with E-state index >= 15 is 0 Å². The van der Waals surface area contributed by atoms with Gasteiger partial charge in [-0.3, -0.25) is 0 Å². The minimum Gasteiger partial charge on any atom is -0.207 e. The van der Waals surface area contributed by atoms with E-state index in [4.69, 9.17) is 11.6 Å². The maximum absolute atomic E-state index is 12.8. The predicted octanol–water partition coefficient (Wildman–Crippen LogP) is 6.22. The summed E-state index contributed by atoms with van der Waals surface area (Å²) in [4.78, 5) is 1.58. The number of thiophene rings is 1. The van der Waals surface area contributed by atoms with E-state index in [1.54, 1.807) is 27.8 Å². The lowest BCUT2D eigenvalue weighted by atomic mass is 10.0. The Bertz CT molecular complexity index is 1060. The minimum atomic E-state index is -3.39. The van der Waals surface area contributed by atoms with Crippen LogP contribution >= 0.6 is 22.9 Å². The lowest BCUT2D eigenvalue weighted by molar-refractivity contribution is 0.346. The van der Waals surface area contributed by atoms with Crippen molar-refractivity contribution >= 4 is 33.0 Å². The van der Waals surface area contributed by atoms with Crippen LogP contribution in [0.2, 0.25) is 5.02 Å². The van der Waals surface area contributed by atoms with Crippen molar-refractivity contribution in [3.05, 3.63) is 64.5 Å². The van der Waals surface area contributed by atoms with E-state index in [0.29, 0.717) is 18.0 Å². The number of halogens is 1. The van der Waals surface area contributed by atoms with Gasteiger partial charge in [-0.1, -0.05) is 42.3 Å². The lowest BCUT2D eigenvalue weighted by Gasteiger charge is -2.25. The predicted molar refractivity (Wildman–Crippen MR) is 118 cm³/mol. The smallest absolute Gasteiger partial charge is 0.207 e. The van der Waals surface area contributed by atoms with Gasteiger partial charge in [0.2, 0.25) is 10.0 Å². The molecule has 28 heavy (non-hydrogen) atoms. The Morgan fingerprint density at radius 3 is 2.14 bits per heavy atom. The quantitative estimate of drug-likeness (QED) is 0.491. The molecule has 0 atom stereocenters. The number of piperidine rings is 1. The highest BCUT2D eigenvalue weighted by Crippen LogP contribution is 2.38. The summed E-state index contributed by atoms with van der Waals surface area (Å²) in [5, 5.41) is 2.86. The molecule has 6 heteroatoms. The molecule has 0 amide bonds. The average Bonchev–Trinajstić information content (AvgIpc) is 3.11. The van der Waals surface area contributed by atoms with Gasteiger partial charge in [-0.05, 0) is 71.7 Å². The number of hydrogen-bond acceptors (Lipinski definition) is 3. The van der Waals surface area contributed by atoms with Crippen molar-refractivity contribution in [1.29, 1.82) is 0 Å². The van der Waals surface area contributed by atoms with Crippen LogP contribution in [0.1, 0.15) is 24.8 Å². The van der Waals surface area contributed by atoms with Crippen LogP contribution in [-0.2, 0) is 10.0 Å². The Labute approximate surface area is 175 Å². The van der Waals surface area contributed by atoms with Gasteiger partial charge in [0.25, 0.3) is 0 Å². The number of rotatable bonds is 4. The molecule has 1 aliphatic rings. The SMILES string of the molecule is Cc1c(-c2ccc(S(=O)(=O)N3CCCCC3)cc2)csc1-c1ccc(Cl)cc1. The maximum Gasteiger partial charge on any atom is 0.243 e. The maximum atomic E-state index is 12.8. The first-order valence-corrected chi connectivity index (χ1v) is 12.1. The molecule has 2 heterocycles. The van der Waals surface area contributed by atoms with Gasteiger partial charge >= 0.3 is 0 Å². The standard InChI is InChI=1S/C22H22ClNO2S2/c1-16-21(15-27-22(16)18-5-9-19(23)10-6-18)17-7-11-20(12-8-17)28(25,26)24-13-3-2-4-14-24/h5-12,15H,2-4,13-14H2,1H3. The van der Waals surface area contributed by atoms with Gasteiger partial charge < -0.3 is 0 Å². The van der Waals surface area contributed by atoms with Gasteiger partial charge in [0, 0.05) is 23.0 Å². The highest BCUT2D eigenvalue weighted by Gasteiger charge is 2.25. The van der Waals surface area contributed by atoms with Crippen molar-refractivity contribution in [2.75, 3.05) is 13.1 Å². The van der Waals surface area contributed by atoms with Gasteiger partial charge in [0.05, 0.1) is 4.90 Å². The van der Waals surface area contributed by atoms with E-state index in [0.717, 1.165) is 41.0 Å². The summed E-state index contributed by atoms with van der Waals surface area (Å²) < 4.78 is 27.3. The second kappa shape index (κ2) is 7.99. The lowest BCUT2D eigenvalue weighted by Crippen LogP contribution is -2.35. The normalized spacial score (nSPS) is 15.6. The monoisotopic (exact) mass is 431 g/mol. The Morgan fingerprint density at radius 2 is 1.50 bits per heavy atom. The third-order valence-corrected chi connectivity index (χ3v) is 8.56. The summed E-state index contributed by atoms with van der Waals surface area (Å²) in [5.41, 5.74) is 4.50. The molecule has 0 bridgehead atoms. The molecule has 0 unspecified atom stereocenters. The zero-order valence-corrected chi connectivity index (χ0v) is 18.1. The third kappa shape index (κ3) is 3.77. The first-order valence-electron chi connectivity index (χ1n) is 9.41. The van der Waals surface area contributed by atoms with Crippen molar-refractivity contribution in [3.63, 3.8) is 0 Å². The molecule has 1 aliphatic heterocycles. The van der Waals surface area contributed by atoms with Gasteiger partial charge in [0.15, 0.2) is 0 Å². The Morgan fingerprint density at radius 1 is 0.893 bits per heavy atom. The molecule has 0 spiro atoms. The molecule has 0 saturated carbocycles. The highest BCUT2D eigenvalue weighted by molar-refractivity contribution is 7.89. The van der Waals surface area contributed by atoms with Crippen molar-refractivity contribution in [2.24, 2.45) is 0 Å². The molecule has 146 valence electrons. The van der Waals surface area contributed by atoms with Crippen LogP contribution in [-0.4, -0.2) is 25.8 Å². The van der Waals surface area contributed by atoms with Gasteiger partial charge in [0.1, 0.15) is 0 Å². The first kappa shape index (κ1) is 19.6. The van der Waals surface area contributed by atoms with Crippen LogP contribution < -0.4 is 0 Å². The van der Waals surface area contributed by atoms with Crippen LogP contribution in [0, 0.1) is 6.92 Å². The molecule has 3 aromatic rings. The molecule has 4 rings (SSSR count). The van der Waals surface area contributed by atoms with E-state index in [1.807, 2.05) is 36.4 Å². The summed E-state index contributed by atoms with van der Waals surface area (Å²) >= 11 is 7.69. The third-order valence-electron chi connectivity index (χ3n) is 5.26. The molecule has 0 radical (unpaired) electrons. The number of hydrogen-bond donors (Lipinski definition) is 0. The largest absolute Gasteiger partial charge is 0.243 e. The molecule has 2 aromatic carbocycles. The summed E-state index contributed by atoms with van der Waals surface area (Å²) in [6, 6.07) is 15.1. The topological polar surface area (TPSA) is 37.4 Å². The average molecular weight is 432 g/mol. The molecule has 1 aromatic heterocycles. The van der Waals surface area contributed by atoms with Crippen molar-refractivity contribution in [1.82, 2.24) is 4.31 Å². The Kier molecular flexibility index (Phi) is 5.61. The molecule has 3 nitrogen and oxygen atoms in total. The molecule has 1 fully saturated rings. The molecule has 0 N–H and O–H groups in total. The summed E-state index contributed by atoms with van der Waals surface area (Å²) in [5.74, 6) is 0. The second-order valence-electron chi connectivity index (χ2n) is 7.10. The van der Waals surface area contributed by atoms with Gasteiger partial charge in [-0.25, -0.2) is 8.42 Å². The van der Waals surface area contributed by atoms with E-state index in [1.165, 1.54) is 10.4 Å². The fourth-order valence-corrected chi connectivity index (χ4v) is 6.40. The van der Waals surface area contributed by atoms with Crippen LogP contribution in [0.5, 0.6) is 0 Å². The number of benzene rings is 2.